The van der Waals surface area contributed by atoms with Gasteiger partial charge in [-0.3, -0.25) is 0 Å². The van der Waals surface area contributed by atoms with Gasteiger partial charge in [0.05, 0.1) is 0 Å². The maximum absolute atomic E-state index is 6.60. The van der Waals surface area contributed by atoms with Crippen LogP contribution in [0.2, 0.25) is 0 Å². The van der Waals surface area contributed by atoms with Gasteiger partial charge in [0, 0.05) is 61.3 Å². The Kier molecular flexibility index (Phi) is 10.5. The van der Waals surface area contributed by atoms with Gasteiger partial charge in [0.15, 0.2) is 0 Å². The zero-order chi connectivity index (χ0) is 38.7. The Morgan fingerprint density at radius 1 is 0.625 bits per heavy atom. The van der Waals surface area contributed by atoms with E-state index in [1.165, 1.54) is 16.7 Å². The van der Waals surface area contributed by atoms with E-state index in [2.05, 4.69) is 186 Å². The van der Waals surface area contributed by atoms with E-state index in [0.29, 0.717) is 11.5 Å². The molecule has 7 aromatic rings. The molecule has 0 fully saturated rings. The summed E-state index contributed by atoms with van der Waals surface area (Å²) < 4.78 is 8.80. The van der Waals surface area contributed by atoms with Crippen LogP contribution in [0.25, 0.3) is 27.6 Å². The van der Waals surface area contributed by atoms with Crippen LogP contribution in [-0.2, 0) is 37.3 Å². The Morgan fingerprint density at radius 3 is 2.09 bits per heavy atom. The first-order valence-corrected chi connectivity index (χ1v) is 19.6. The van der Waals surface area contributed by atoms with Crippen LogP contribution in [0.1, 0.15) is 91.8 Å². The first-order chi connectivity index (χ1) is 26.3. The summed E-state index contributed by atoms with van der Waals surface area (Å²) in [6.45, 7) is 22.6. The third-order valence-corrected chi connectivity index (χ3v) is 11.6. The van der Waals surface area contributed by atoms with E-state index < -0.39 is 0 Å². The molecule has 5 nitrogen and oxygen atoms in total. The van der Waals surface area contributed by atoms with E-state index in [4.69, 9.17) is 9.72 Å². The van der Waals surface area contributed by atoms with Gasteiger partial charge in [-0.15, -0.1) is 48.1 Å². The van der Waals surface area contributed by atoms with Crippen molar-refractivity contribution >= 4 is 44.6 Å². The molecule has 0 N–H and O–H groups in total. The van der Waals surface area contributed by atoms with Crippen molar-refractivity contribution in [3.05, 3.63) is 151 Å². The number of nitrogens with zero attached hydrogens (tertiary/aromatic N) is 4. The van der Waals surface area contributed by atoms with Gasteiger partial charge in [0.1, 0.15) is 5.82 Å². The quantitative estimate of drug-likeness (QED) is 0.142. The molecule has 1 aliphatic heterocycles. The normalized spacial score (nSPS) is 13.3. The molecule has 5 aromatic carbocycles. The molecule has 2 aromatic heterocycles. The van der Waals surface area contributed by atoms with Crippen LogP contribution in [0.3, 0.4) is 0 Å². The Hall–Kier alpha value is -4.86. The SMILES string of the molecule is CCC(C)(CC)c1ccc2c(c1)N(c1cccc(C(C)(C)C)c1)[CH-]N2c1[c-]c(Oc2[c-]c3c(cc2)c2ccccc2n3-c2cc(C(C)(C)C)ccn2)ccc1.[Pt]. The summed E-state index contributed by atoms with van der Waals surface area (Å²) in [6, 6.07) is 46.1. The predicted octanol–water partition coefficient (Wildman–Crippen LogP) is 13.7. The topological polar surface area (TPSA) is 33.5 Å². The van der Waals surface area contributed by atoms with Crippen molar-refractivity contribution in [3.8, 4) is 17.3 Å². The Morgan fingerprint density at radius 2 is 1.34 bits per heavy atom. The second-order valence-electron chi connectivity index (χ2n) is 17.2. The molecule has 56 heavy (non-hydrogen) atoms. The van der Waals surface area contributed by atoms with Gasteiger partial charge in [0.25, 0.3) is 0 Å². The minimum atomic E-state index is -0.00996. The minimum Gasteiger partial charge on any atom is -0.509 e. The second kappa shape index (κ2) is 14.9. The van der Waals surface area contributed by atoms with Crippen molar-refractivity contribution < 1.29 is 25.8 Å². The smallest absolute Gasteiger partial charge is 0.135 e. The number of aromatic nitrogens is 2. The third-order valence-electron chi connectivity index (χ3n) is 11.6. The molecule has 290 valence electrons. The number of ether oxygens (including phenoxy) is 1. The van der Waals surface area contributed by atoms with E-state index in [1.54, 1.807) is 0 Å². The van der Waals surface area contributed by atoms with Crippen molar-refractivity contribution in [3.63, 3.8) is 0 Å². The maximum Gasteiger partial charge on any atom is 0.135 e. The number of pyridine rings is 1. The molecular formula is C50H51N4OPt-3. The molecule has 0 amide bonds. The van der Waals surface area contributed by atoms with Crippen molar-refractivity contribution in [1.29, 1.82) is 0 Å². The number of hydrogen-bond donors (Lipinski definition) is 0. The van der Waals surface area contributed by atoms with E-state index >= 15 is 0 Å². The molecule has 0 saturated carbocycles. The van der Waals surface area contributed by atoms with E-state index in [0.717, 1.165) is 63.2 Å². The molecule has 0 spiro atoms. The zero-order valence-electron chi connectivity index (χ0n) is 34.0. The van der Waals surface area contributed by atoms with E-state index in [1.807, 2.05) is 24.4 Å². The summed E-state index contributed by atoms with van der Waals surface area (Å²) in [5.41, 5.74) is 10.3. The van der Waals surface area contributed by atoms with Crippen molar-refractivity contribution in [2.45, 2.75) is 91.4 Å². The van der Waals surface area contributed by atoms with Crippen molar-refractivity contribution in [2.75, 3.05) is 9.80 Å². The molecule has 6 heteroatoms. The minimum absolute atomic E-state index is 0. The van der Waals surface area contributed by atoms with Crippen LogP contribution in [0.15, 0.2) is 115 Å². The van der Waals surface area contributed by atoms with Crippen LogP contribution in [0.4, 0.5) is 22.7 Å². The second-order valence-corrected chi connectivity index (χ2v) is 17.2. The van der Waals surface area contributed by atoms with Crippen LogP contribution >= 0.6 is 0 Å². The maximum atomic E-state index is 6.60. The Balaban J connectivity index is 0.00000480. The standard InChI is InChI=1S/C50H51N4O.Pt/c1-10-50(9,11-2)36-22-25-44-46(29-36)53(37-17-14-16-34(28-37)48(3,4)5)33-52(44)38-18-15-19-39(31-38)55-40-23-24-42-41-20-12-13-21-43(41)54(45(42)32-40)47-30-35(26-27-51-47)49(6,7)8;/h12-30,33H,10-11H2,1-9H3;/q-3;. The fourth-order valence-corrected chi connectivity index (χ4v) is 7.65. The predicted molar refractivity (Wildman–Crippen MR) is 230 cm³/mol. The summed E-state index contributed by atoms with van der Waals surface area (Å²) in [5.74, 6) is 2.10. The van der Waals surface area contributed by atoms with Crippen molar-refractivity contribution in [2.24, 2.45) is 0 Å². The molecular weight excluding hydrogens is 868 g/mol. The van der Waals surface area contributed by atoms with Crippen molar-refractivity contribution in [1.82, 2.24) is 9.55 Å². The van der Waals surface area contributed by atoms with Crippen LogP contribution < -0.4 is 14.5 Å². The van der Waals surface area contributed by atoms with Gasteiger partial charge in [-0.25, -0.2) is 4.98 Å². The summed E-state index contributed by atoms with van der Waals surface area (Å²) in [6.07, 6.45) is 4.05. The van der Waals surface area contributed by atoms with Gasteiger partial charge < -0.3 is 19.1 Å². The summed E-state index contributed by atoms with van der Waals surface area (Å²) in [7, 11) is 0. The molecule has 0 aliphatic carbocycles. The molecule has 0 bridgehead atoms. The fourth-order valence-electron chi connectivity index (χ4n) is 7.65. The van der Waals surface area contributed by atoms with Gasteiger partial charge >= 0.3 is 0 Å². The molecule has 3 heterocycles. The number of para-hydroxylation sites is 1. The summed E-state index contributed by atoms with van der Waals surface area (Å²) >= 11 is 0. The number of fused-ring (bicyclic) bond motifs is 4. The number of hydrogen-bond acceptors (Lipinski definition) is 4. The van der Waals surface area contributed by atoms with Gasteiger partial charge in [-0.2, -0.15) is 12.1 Å². The molecule has 0 radical (unpaired) electrons. The molecule has 1 aliphatic rings. The van der Waals surface area contributed by atoms with Gasteiger partial charge in [-0.1, -0.05) is 104 Å². The third kappa shape index (κ3) is 7.16. The number of rotatable bonds is 8. The zero-order valence-corrected chi connectivity index (χ0v) is 36.2. The largest absolute Gasteiger partial charge is 0.509 e. The monoisotopic (exact) mass is 918 g/mol. The molecule has 0 saturated heterocycles. The van der Waals surface area contributed by atoms with Crippen LogP contribution in [-0.4, -0.2) is 9.55 Å². The van der Waals surface area contributed by atoms with Crippen LogP contribution in [0.5, 0.6) is 11.5 Å². The molecule has 0 unspecified atom stereocenters. The number of anilines is 4. The average molecular weight is 919 g/mol. The van der Waals surface area contributed by atoms with E-state index in [9.17, 15) is 0 Å². The first-order valence-electron chi connectivity index (χ1n) is 19.6. The fraction of sp³-hybridized carbons (Fsp3) is 0.280. The van der Waals surface area contributed by atoms with E-state index in [-0.39, 0.29) is 37.3 Å². The Labute approximate surface area is 347 Å². The first kappa shape index (κ1) is 39.4. The molecule has 0 atom stereocenters. The summed E-state index contributed by atoms with van der Waals surface area (Å²) in [4.78, 5) is 9.39. The average Bonchev–Trinajstić information content (AvgIpc) is 3.73. The molecule has 8 rings (SSSR count). The Bertz CT molecular complexity index is 2530. The summed E-state index contributed by atoms with van der Waals surface area (Å²) in [5, 5.41) is 2.25. The van der Waals surface area contributed by atoms with Crippen LogP contribution in [0, 0.1) is 18.8 Å². The van der Waals surface area contributed by atoms with Gasteiger partial charge in [0.2, 0.25) is 0 Å². The van der Waals surface area contributed by atoms with Gasteiger partial charge in [-0.05, 0) is 93.6 Å². The number of benzene rings is 5.